The van der Waals surface area contributed by atoms with Gasteiger partial charge in [-0.1, -0.05) is 98.3 Å². The summed E-state index contributed by atoms with van der Waals surface area (Å²) >= 11 is 7.82. The lowest BCUT2D eigenvalue weighted by atomic mass is 9.62. The number of nitrogens with zero attached hydrogens (tertiary/aromatic N) is 2. The van der Waals surface area contributed by atoms with E-state index in [1.54, 1.807) is 11.8 Å². The normalized spacial score (nSPS) is 19.3. The van der Waals surface area contributed by atoms with Gasteiger partial charge in [0, 0.05) is 27.8 Å². The fourth-order valence-electron chi connectivity index (χ4n) is 6.69. The summed E-state index contributed by atoms with van der Waals surface area (Å²) in [5.74, 6) is 0.780. The summed E-state index contributed by atoms with van der Waals surface area (Å²) < 4.78 is 2.13. The topological polar surface area (TPSA) is 34.9 Å². The van der Waals surface area contributed by atoms with Crippen molar-refractivity contribution in [2.45, 2.75) is 93.0 Å². The van der Waals surface area contributed by atoms with Crippen LogP contribution in [-0.4, -0.2) is 9.55 Å². The molecule has 3 nitrogen and oxygen atoms in total. The Morgan fingerprint density at radius 2 is 1.66 bits per heavy atom. The molecule has 0 N–H and O–H groups in total. The Bertz CT molecular complexity index is 1270. The number of thioether (sulfide) groups is 1. The van der Waals surface area contributed by atoms with Crippen LogP contribution in [0.15, 0.2) is 58.5 Å². The molecule has 1 heterocycles. The zero-order chi connectivity index (χ0) is 23.8. The summed E-state index contributed by atoms with van der Waals surface area (Å²) in [7, 11) is 0. The Hall–Kier alpha value is -2.04. The smallest absolute Gasteiger partial charge is 0.258 e. The predicted octanol–water partition coefficient (Wildman–Crippen LogP) is 8.12. The van der Waals surface area contributed by atoms with Crippen molar-refractivity contribution in [3.63, 3.8) is 0 Å². The van der Waals surface area contributed by atoms with Crippen LogP contribution in [0.25, 0.3) is 11.3 Å². The molecule has 3 aliphatic carbocycles. The monoisotopic (exact) mass is 504 g/mol. The minimum Gasteiger partial charge on any atom is -0.284 e. The average Bonchev–Trinajstić information content (AvgIpc) is 2.89. The Kier molecular flexibility index (Phi) is 6.53. The molecule has 3 aromatic rings. The lowest BCUT2D eigenvalue weighted by Crippen LogP contribution is -2.44. The predicted molar refractivity (Wildman–Crippen MR) is 146 cm³/mol. The summed E-state index contributed by atoms with van der Waals surface area (Å²) in [5.41, 5.74) is 5.91. The van der Waals surface area contributed by atoms with Gasteiger partial charge in [0.2, 0.25) is 0 Å². The maximum atomic E-state index is 14.6. The Balaban J connectivity index is 1.51. The number of benzene rings is 2. The van der Waals surface area contributed by atoms with Gasteiger partial charge in [0.1, 0.15) is 0 Å². The standard InChI is InChI=1S/C30H33ClN2OS/c31-23-15-13-21(14-16-23)20-35-29-32-27-25-12-6-5-9-22(25)19-30(17-7-2-8-18-30)26(27)28(34)33(29)24-10-3-1-4-11-24/h5-6,9,12-16,24H,1-4,7-8,10-11,17-20H2. The molecule has 0 aliphatic heterocycles. The van der Waals surface area contributed by atoms with Crippen molar-refractivity contribution in [1.29, 1.82) is 0 Å². The second-order valence-electron chi connectivity index (χ2n) is 10.7. The van der Waals surface area contributed by atoms with E-state index in [4.69, 9.17) is 16.6 Å². The van der Waals surface area contributed by atoms with Crippen molar-refractivity contribution >= 4 is 23.4 Å². The van der Waals surface area contributed by atoms with Gasteiger partial charge in [-0.05, 0) is 55.4 Å². The highest BCUT2D eigenvalue weighted by atomic mass is 35.5. The minimum atomic E-state index is -0.0538. The fraction of sp³-hybridized carbons (Fsp3) is 0.467. The number of hydrogen-bond donors (Lipinski definition) is 0. The van der Waals surface area contributed by atoms with E-state index < -0.39 is 0 Å². The summed E-state index contributed by atoms with van der Waals surface area (Å²) in [4.78, 5) is 19.9. The third kappa shape index (κ3) is 4.38. The first kappa shape index (κ1) is 23.4. The van der Waals surface area contributed by atoms with Crippen LogP contribution in [0.3, 0.4) is 0 Å². The third-order valence-electron chi connectivity index (χ3n) is 8.45. The van der Waals surface area contributed by atoms with Crippen molar-refractivity contribution in [3.05, 3.63) is 80.6 Å². The Morgan fingerprint density at radius 3 is 2.43 bits per heavy atom. The maximum absolute atomic E-state index is 14.6. The molecule has 0 radical (unpaired) electrons. The lowest BCUT2D eigenvalue weighted by molar-refractivity contribution is 0.273. The summed E-state index contributed by atoms with van der Waals surface area (Å²) in [6.07, 6.45) is 12.7. The molecule has 0 bridgehead atoms. The molecule has 6 rings (SSSR count). The lowest BCUT2D eigenvalue weighted by Gasteiger charge is -2.42. The van der Waals surface area contributed by atoms with Gasteiger partial charge < -0.3 is 0 Å². The van der Waals surface area contributed by atoms with Crippen LogP contribution in [0.5, 0.6) is 0 Å². The first-order chi connectivity index (χ1) is 17.1. The molecule has 1 spiro atoms. The van der Waals surface area contributed by atoms with Crippen LogP contribution in [0.4, 0.5) is 0 Å². The maximum Gasteiger partial charge on any atom is 0.258 e. The molecule has 2 fully saturated rings. The van der Waals surface area contributed by atoms with Crippen LogP contribution in [0.1, 0.15) is 86.9 Å². The molecule has 0 atom stereocenters. The first-order valence-corrected chi connectivity index (χ1v) is 14.6. The van der Waals surface area contributed by atoms with Gasteiger partial charge in [-0.15, -0.1) is 0 Å². The van der Waals surface area contributed by atoms with E-state index in [1.165, 1.54) is 55.2 Å². The molecule has 35 heavy (non-hydrogen) atoms. The number of hydrogen-bond acceptors (Lipinski definition) is 3. The molecule has 2 saturated carbocycles. The molecule has 0 amide bonds. The molecular weight excluding hydrogens is 472 g/mol. The number of halogens is 1. The van der Waals surface area contributed by atoms with E-state index in [0.717, 1.165) is 59.3 Å². The minimum absolute atomic E-state index is 0.0538. The van der Waals surface area contributed by atoms with Crippen LogP contribution in [0.2, 0.25) is 5.02 Å². The van der Waals surface area contributed by atoms with Gasteiger partial charge in [0.15, 0.2) is 5.16 Å². The van der Waals surface area contributed by atoms with Gasteiger partial charge in [-0.25, -0.2) is 4.98 Å². The van der Waals surface area contributed by atoms with Gasteiger partial charge in [0.25, 0.3) is 5.56 Å². The zero-order valence-electron chi connectivity index (χ0n) is 20.3. The molecule has 1 aromatic heterocycles. The van der Waals surface area contributed by atoms with Crippen molar-refractivity contribution in [2.24, 2.45) is 0 Å². The van der Waals surface area contributed by atoms with Crippen molar-refractivity contribution in [3.8, 4) is 11.3 Å². The van der Waals surface area contributed by atoms with Crippen LogP contribution in [-0.2, 0) is 17.6 Å². The molecule has 2 aromatic carbocycles. The van der Waals surface area contributed by atoms with E-state index in [9.17, 15) is 4.79 Å². The van der Waals surface area contributed by atoms with Crippen LogP contribution < -0.4 is 5.56 Å². The molecule has 0 unspecified atom stereocenters. The van der Waals surface area contributed by atoms with E-state index in [0.29, 0.717) is 0 Å². The second-order valence-corrected chi connectivity index (χ2v) is 12.1. The quantitative estimate of drug-likeness (QED) is 0.266. The highest BCUT2D eigenvalue weighted by Crippen LogP contribution is 2.49. The Morgan fingerprint density at radius 1 is 0.943 bits per heavy atom. The molecule has 0 saturated heterocycles. The molecule has 3 aliphatic rings. The zero-order valence-corrected chi connectivity index (χ0v) is 21.8. The largest absolute Gasteiger partial charge is 0.284 e. The molecular formula is C30H33ClN2OS. The van der Waals surface area contributed by atoms with Gasteiger partial charge in [-0.2, -0.15) is 0 Å². The second kappa shape index (κ2) is 9.78. The summed E-state index contributed by atoms with van der Waals surface area (Å²) in [6, 6.07) is 16.9. The summed E-state index contributed by atoms with van der Waals surface area (Å²) in [6.45, 7) is 0. The first-order valence-electron chi connectivity index (χ1n) is 13.3. The van der Waals surface area contributed by atoms with Crippen LogP contribution in [0, 0.1) is 0 Å². The third-order valence-corrected chi connectivity index (χ3v) is 9.72. The average molecular weight is 505 g/mol. The van der Waals surface area contributed by atoms with E-state index >= 15 is 0 Å². The SMILES string of the molecule is O=c1c2c(nc(SCc3ccc(Cl)cc3)n1C1CCCCC1)-c1ccccc1CC21CCCCC1. The van der Waals surface area contributed by atoms with E-state index in [-0.39, 0.29) is 17.0 Å². The van der Waals surface area contributed by atoms with Crippen molar-refractivity contribution < 1.29 is 0 Å². The molecule has 182 valence electrons. The highest BCUT2D eigenvalue weighted by Gasteiger charge is 2.44. The Labute approximate surface area is 217 Å². The highest BCUT2D eigenvalue weighted by molar-refractivity contribution is 7.98. The number of aromatic nitrogens is 2. The van der Waals surface area contributed by atoms with Gasteiger partial charge in [-0.3, -0.25) is 9.36 Å². The van der Waals surface area contributed by atoms with Crippen molar-refractivity contribution in [1.82, 2.24) is 9.55 Å². The van der Waals surface area contributed by atoms with Crippen molar-refractivity contribution in [2.75, 3.05) is 0 Å². The van der Waals surface area contributed by atoms with Gasteiger partial charge >= 0.3 is 0 Å². The van der Waals surface area contributed by atoms with E-state index in [2.05, 4.69) is 41.0 Å². The summed E-state index contributed by atoms with van der Waals surface area (Å²) in [5, 5.41) is 1.64. The fourth-order valence-corrected chi connectivity index (χ4v) is 7.83. The van der Waals surface area contributed by atoms with Crippen LogP contribution >= 0.6 is 23.4 Å². The van der Waals surface area contributed by atoms with Gasteiger partial charge in [0.05, 0.1) is 11.3 Å². The number of fused-ring (bicyclic) bond motifs is 4. The number of rotatable bonds is 4. The molecule has 5 heteroatoms. The van der Waals surface area contributed by atoms with E-state index in [1.807, 2.05) is 12.1 Å².